The van der Waals surface area contributed by atoms with Crippen LogP contribution in [0.4, 0.5) is 0 Å². The van der Waals surface area contributed by atoms with Crippen LogP contribution in [-0.4, -0.2) is 34.7 Å². The van der Waals surface area contributed by atoms with Crippen LogP contribution in [-0.2, 0) is 19.5 Å². The number of hydrogen-bond acceptors (Lipinski definition) is 5. The number of aromatic nitrogens is 7. The summed E-state index contributed by atoms with van der Waals surface area (Å²) in [5.74, 6) is 0.510. The van der Waals surface area contributed by atoms with Crippen LogP contribution in [0.5, 0.6) is 0 Å². The minimum Gasteiger partial charge on any atom is -0.297 e. The molecule has 31 heavy (non-hydrogen) atoms. The van der Waals surface area contributed by atoms with Gasteiger partial charge in [-0.25, -0.2) is 4.79 Å². The first-order chi connectivity index (χ1) is 15.1. The molecular formula is C23H27N7O. The summed E-state index contributed by atoms with van der Waals surface area (Å²) >= 11 is 0. The molecule has 0 fully saturated rings. The van der Waals surface area contributed by atoms with Crippen molar-refractivity contribution in [3.8, 4) is 22.6 Å². The maximum Gasteiger partial charge on any atom is 0.328 e. The first-order valence-electron chi connectivity index (χ1n) is 10.7. The number of nitrogens with one attached hydrogen (secondary N) is 1. The first kappa shape index (κ1) is 20.7. The molecule has 8 heteroatoms. The summed E-state index contributed by atoms with van der Waals surface area (Å²) in [6, 6.07) is 12.0. The molecule has 0 amide bonds. The Morgan fingerprint density at radius 2 is 1.87 bits per heavy atom. The van der Waals surface area contributed by atoms with Crippen molar-refractivity contribution < 1.29 is 0 Å². The molecule has 1 N–H and O–H groups in total. The topological polar surface area (TPSA) is 94.3 Å². The summed E-state index contributed by atoms with van der Waals surface area (Å²) in [7, 11) is 0. The number of tetrazole rings is 1. The predicted octanol–water partition coefficient (Wildman–Crippen LogP) is 3.61. The van der Waals surface area contributed by atoms with Gasteiger partial charge >= 0.3 is 5.69 Å². The van der Waals surface area contributed by atoms with Crippen molar-refractivity contribution in [1.82, 2.24) is 34.7 Å². The van der Waals surface area contributed by atoms with Crippen molar-refractivity contribution >= 4 is 0 Å². The fraction of sp³-hybridized carbons (Fsp3) is 0.348. The lowest BCUT2D eigenvalue weighted by Crippen LogP contribution is -2.25. The van der Waals surface area contributed by atoms with Crippen LogP contribution in [0.1, 0.15) is 43.6 Å². The Labute approximate surface area is 181 Å². The van der Waals surface area contributed by atoms with E-state index in [9.17, 15) is 4.79 Å². The molecule has 4 rings (SSSR count). The van der Waals surface area contributed by atoms with Gasteiger partial charge in [0, 0.05) is 35.3 Å². The van der Waals surface area contributed by atoms with E-state index in [2.05, 4.69) is 51.6 Å². The molecule has 0 aliphatic heterocycles. The second kappa shape index (κ2) is 9.07. The molecule has 0 spiro atoms. The number of hydrogen-bond donors (Lipinski definition) is 1. The molecule has 3 heterocycles. The van der Waals surface area contributed by atoms with E-state index in [4.69, 9.17) is 0 Å². The average molecular weight is 418 g/mol. The zero-order valence-corrected chi connectivity index (χ0v) is 18.2. The van der Waals surface area contributed by atoms with Crippen molar-refractivity contribution in [2.75, 3.05) is 0 Å². The van der Waals surface area contributed by atoms with E-state index < -0.39 is 0 Å². The van der Waals surface area contributed by atoms with Crippen LogP contribution < -0.4 is 5.69 Å². The molecule has 0 saturated heterocycles. The number of benzene rings is 1. The van der Waals surface area contributed by atoms with Gasteiger partial charge in [-0.05, 0) is 49.6 Å². The van der Waals surface area contributed by atoms with Gasteiger partial charge in [-0.2, -0.15) is 5.21 Å². The second-order valence-electron chi connectivity index (χ2n) is 7.58. The van der Waals surface area contributed by atoms with E-state index in [1.807, 2.05) is 40.3 Å². The maximum atomic E-state index is 13.0. The summed E-state index contributed by atoms with van der Waals surface area (Å²) in [4.78, 5) is 17.5. The molecule has 0 aliphatic rings. The standard InChI is InChI=1S/C23H27N7O/c1-4-6-9-20-16(3)29(5-2)23(31)30(20)15-17-10-12-18(13-11-17)21-19(8-7-14-24-21)22-25-27-28-26-22/h7-8,10-14H,4-6,9,15H2,1-3H3,(H,25,26,27,28). The van der Waals surface area contributed by atoms with Gasteiger partial charge in [0.15, 0.2) is 0 Å². The third-order valence-electron chi connectivity index (χ3n) is 5.66. The second-order valence-corrected chi connectivity index (χ2v) is 7.58. The number of rotatable bonds is 8. The Morgan fingerprint density at radius 1 is 1.06 bits per heavy atom. The van der Waals surface area contributed by atoms with Crippen LogP contribution in [0.15, 0.2) is 47.4 Å². The normalized spacial score (nSPS) is 11.2. The number of H-pyrrole nitrogens is 1. The van der Waals surface area contributed by atoms with E-state index in [1.54, 1.807) is 6.20 Å². The van der Waals surface area contributed by atoms with Gasteiger partial charge < -0.3 is 0 Å². The van der Waals surface area contributed by atoms with Crippen LogP contribution in [0.2, 0.25) is 0 Å². The largest absolute Gasteiger partial charge is 0.328 e. The zero-order chi connectivity index (χ0) is 21.8. The Kier molecular flexibility index (Phi) is 6.06. The number of aromatic amines is 1. The van der Waals surface area contributed by atoms with E-state index in [0.29, 0.717) is 18.9 Å². The number of imidazole rings is 1. The molecule has 0 saturated carbocycles. The van der Waals surface area contributed by atoms with Crippen molar-refractivity contribution in [2.24, 2.45) is 0 Å². The monoisotopic (exact) mass is 417 g/mol. The molecule has 0 bridgehead atoms. The highest BCUT2D eigenvalue weighted by molar-refractivity contribution is 5.76. The average Bonchev–Trinajstić information content (AvgIpc) is 3.41. The van der Waals surface area contributed by atoms with Gasteiger partial charge in [-0.3, -0.25) is 14.1 Å². The lowest BCUT2D eigenvalue weighted by atomic mass is 10.0. The van der Waals surface area contributed by atoms with Crippen LogP contribution in [0, 0.1) is 6.92 Å². The Balaban J connectivity index is 1.65. The van der Waals surface area contributed by atoms with Gasteiger partial charge in [-0.15, -0.1) is 10.2 Å². The molecular weight excluding hydrogens is 390 g/mol. The molecule has 0 unspecified atom stereocenters. The van der Waals surface area contributed by atoms with Gasteiger partial charge in [0.05, 0.1) is 12.2 Å². The molecule has 4 aromatic rings. The van der Waals surface area contributed by atoms with Crippen molar-refractivity contribution in [3.05, 3.63) is 70.0 Å². The highest BCUT2D eigenvalue weighted by atomic mass is 16.1. The Morgan fingerprint density at radius 3 is 2.55 bits per heavy atom. The van der Waals surface area contributed by atoms with Gasteiger partial charge in [0.1, 0.15) is 0 Å². The zero-order valence-electron chi connectivity index (χ0n) is 18.2. The molecule has 0 atom stereocenters. The Hall–Kier alpha value is -3.55. The Bertz CT molecular complexity index is 1200. The molecule has 8 nitrogen and oxygen atoms in total. The lowest BCUT2D eigenvalue weighted by molar-refractivity contribution is 0.645. The van der Waals surface area contributed by atoms with E-state index in [-0.39, 0.29) is 5.69 Å². The quantitative estimate of drug-likeness (QED) is 0.473. The molecule has 160 valence electrons. The van der Waals surface area contributed by atoms with Gasteiger partial charge in [0.2, 0.25) is 5.82 Å². The van der Waals surface area contributed by atoms with Gasteiger partial charge in [0.25, 0.3) is 0 Å². The van der Waals surface area contributed by atoms with Gasteiger partial charge in [-0.1, -0.05) is 37.6 Å². The number of pyridine rings is 1. The SMILES string of the molecule is CCCCc1c(C)n(CC)c(=O)n1Cc1ccc(-c2ncccc2-c2nn[nH]n2)cc1. The van der Waals surface area contributed by atoms with Crippen molar-refractivity contribution in [3.63, 3.8) is 0 Å². The first-order valence-corrected chi connectivity index (χ1v) is 10.7. The fourth-order valence-corrected chi connectivity index (χ4v) is 3.99. The highest BCUT2D eigenvalue weighted by Gasteiger charge is 2.16. The van der Waals surface area contributed by atoms with Crippen LogP contribution in [0.25, 0.3) is 22.6 Å². The van der Waals surface area contributed by atoms with Crippen molar-refractivity contribution in [1.29, 1.82) is 0 Å². The van der Waals surface area contributed by atoms with Crippen LogP contribution in [0.3, 0.4) is 0 Å². The highest BCUT2D eigenvalue weighted by Crippen LogP contribution is 2.27. The van der Waals surface area contributed by atoms with E-state index >= 15 is 0 Å². The maximum absolute atomic E-state index is 13.0. The van der Waals surface area contributed by atoms with E-state index in [0.717, 1.165) is 53.0 Å². The third-order valence-corrected chi connectivity index (χ3v) is 5.66. The number of nitrogens with zero attached hydrogens (tertiary/aromatic N) is 6. The number of unbranched alkanes of at least 4 members (excludes halogenated alkanes) is 1. The minimum atomic E-state index is 0.0688. The molecule has 0 radical (unpaired) electrons. The molecule has 1 aromatic carbocycles. The summed E-state index contributed by atoms with van der Waals surface area (Å²) in [6.07, 6.45) is 4.85. The minimum absolute atomic E-state index is 0.0688. The fourth-order valence-electron chi connectivity index (χ4n) is 3.99. The summed E-state index contributed by atoms with van der Waals surface area (Å²) in [6.45, 7) is 7.50. The van der Waals surface area contributed by atoms with Crippen LogP contribution >= 0.6 is 0 Å². The van der Waals surface area contributed by atoms with Crippen molar-refractivity contribution in [2.45, 2.75) is 53.1 Å². The summed E-state index contributed by atoms with van der Waals surface area (Å²) in [5.41, 5.74) is 5.94. The smallest absolute Gasteiger partial charge is 0.297 e. The van der Waals surface area contributed by atoms with E-state index in [1.165, 1.54) is 0 Å². The lowest BCUT2D eigenvalue weighted by Gasteiger charge is -2.10. The summed E-state index contributed by atoms with van der Waals surface area (Å²) in [5, 5.41) is 14.3. The predicted molar refractivity (Wildman–Crippen MR) is 120 cm³/mol. The molecule has 0 aliphatic carbocycles. The summed E-state index contributed by atoms with van der Waals surface area (Å²) < 4.78 is 3.79. The molecule has 3 aromatic heterocycles. The third kappa shape index (κ3) is 4.05.